The molecule has 0 N–H and O–H groups in total. The molecule has 0 fully saturated rings. The molecule has 0 spiro atoms. The molecule has 13 rings (SSSR count). The average molecular weight is 704 g/mol. The number of benzene rings is 9. The van der Waals surface area contributed by atoms with Crippen molar-refractivity contribution in [1.82, 2.24) is 0 Å². The maximum atomic E-state index is 7.04. The number of rotatable bonds is 1. The second kappa shape index (κ2) is 10.6. The van der Waals surface area contributed by atoms with E-state index in [0.717, 1.165) is 56.5 Å². The van der Waals surface area contributed by atoms with E-state index in [-0.39, 0.29) is 13.4 Å². The summed E-state index contributed by atoms with van der Waals surface area (Å²) in [5.41, 5.74) is 9.34. The van der Waals surface area contributed by atoms with Crippen LogP contribution in [0.3, 0.4) is 0 Å². The minimum Gasteiger partial charge on any atom is -0.458 e. The molecule has 4 aliphatic rings. The average Bonchev–Trinajstić information content (AvgIpc) is 3.22. The fourth-order valence-corrected chi connectivity index (χ4v) is 10.7. The maximum Gasteiger partial charge on any atom is 0.260 e. The molecule has 0 unspecified atom stereocenters. The highest BCUT2D eigenvalue weighted by atomic mass is 32.2. The molecule has 6 heteroatoms. The zero-order valence-corrected chi connectivity index (χ0v) is 29.6. The van der Waals surface area contributed by atoms with Crippen molar-refractivity contribution in [2.45, 2.75) is 9.79 Å². The number of fused-ring (bicyclic) bond motifs is 14. The number of ether oxygens (including phenoxy) is 3. The van der Waals surface area contributed by atoms with E-state index < -0.39 is 0 Å². The first-order valence-electron chi connectivity index (χ1n) is 18.5. The Kier molecular flexibility index (Phi) is 5.73. The summed E-state index contributed by atoms with van der Waals surface area (Å²) in [7, 11) is 0. The van der Waals surface area contributed by atoms with Crippen LogP contribution in [0.25, 0.3) is 43.4 Å². The third-order valence-electron chi connectivity index (χ3n) is 11.9. The molecule has 9 aromatic rings. The number of hydrogen-bond acceptors (Lipinski definition) is 4. The lowest BCUT2D eigenvalue weighted by molar-refractivity contribution is 0.465. The van der Waals surface area contributed by atoms with Crippen LogP contribution in [0.5, 0.6) is 34.5 Å². The maximum absolute atomic E-state index is 7.04. The van der Waals surface area contributed by atoms with E-state index in [4.69, 9.17) is 14.2 Å². The number of para-hydroxylation sites is 2. The molecule has 0 radical (unpaired) electrons. The van der Waals surface area contributed by atoms with Crippen molar-refractivity contribution in [2.75, 3.05) is 0 Å². The van der Waals surface area contributed by atoms with Gasteiger partial charge in [0.2, 0.25) is 0 Å². The van der Waals surface area contributed by atoms with Crippen LogP contribution in [0, 0.1) is 0 Å². The van der Waals surface area contributed by atoms with E-state index in [1.165, 1.54) is 64.0 Å². The highest BCUT2D eigenvalue weighted by Crippen LogP contribution is 2.43. The van der Waals surface area contributed by atoms with Crippen molar-refractivity contribution < 1.29 is 14.2 Å². The lowest BCUT2D eigenvalue weighted by atomic mass is 9.34. The largest absolute Gasteiger partial charge is 0.458 e. The lowest BCUT2D eigenvalue weighted by Gasteiger charge is -2.34. The van der Waals surface area contributed by atoms with Crippen LogP contribution in [0.1, 0.15) is 0 Å². The highest BCUT2D eigenvalue weighted by molar-refractivity contribution is 8.00. The van der Waals surface area contributed by atoms with Crippen LogP contribution < -0.4 is 47.0 Å². The first-order valence-corrected chi connectivity index (χ1v) is 19.3. The van der Waals surface area contributed by atoms with Crippen LogP contribution in [0.4, 0.5) is 0 Å². The molecule has 0 bridgehead atoms. The summed E-state index contributed by atoms with van der Waals surface area (Å²) in [5.74, 6) is 5.33. The second-order valence-electron chi connectivity index (χ2n) is 14.7. The van der Waals surface area contributed by atoms with Crippen molar-refractivity contribution in [3.05, 3.63) is 158 Å². The van der Waals surface area contributed by atoms with Gasteiger partial charge in [-0.3, -0.25) is 0 Å². The van der Waals surface area contributed by atoms with Gasteiger partial charge in [-0.2, -0.15) is 0 Å². The van der Waals surface area contributed by atoms with E-state index in [0.29, 0.717) is 0 Å². The van der Waals surface area contributed by atoms with E-state index in [9.17, 15) is 0 Å². The van der Waals surface area contributed by atoms with Gasteiger partial charge in [-0.1, -0.05) is 126 Å². The number of hydrogen-bond donors (Lipinski definition) is 0. The molecule has 4 aliphatic heterocycles. The summed E-state index contributed by atoms with van der Waals surface area (Å²) in [5, 5.41) is 7.45. The minimum absolute atomic E-state index is 0.0269. The van der Waals surface area contributed by atoms with Gasteiger partial charge in [0.05, 0.1) is 0 Å². The summed E-state index contributed by atoms with van der Waals surface area (Å²) in [6.45, 7) is 0.0594. The SMILES string of the molecule is c1ccc2c(c1)Oc1cc(-c3ccc4c(c3)B3c5ccccc5Oc5cccc(c53)S4)cc3c1B2c1cc2c4ccccc4c4ccccc4c2cc1O3. The third kappa shape index (κ3) is 3.90. The van der Waals surface area contributed by atoms with Crippen molar-refractivity contribution >= 4 is 90.3 Å². The van der Waals surface area contributed by atoms with Crippen molar-refractivity contribution in [3.63, 3.8) is 0 Å². The first-order chi connectivity index (χ1) is 26.7. The Morgan fingerprint density at radius 3 is 1.57 bits per heavy atom. The summed E-state index contributed by atoms with van der Waals surface area (Å²) < 4.78 is 20.3. The van der Waals surface area contributed by atoms with E-state index in [1.54, 1.807) is 0 Å². The summed E-state index contributed by atoms with van der Waals surface area (Å²) >= 11 is 1.83. The smallest absolute Gasteiger partial charge is 0.260 e. The Labute approximate surface area is 316 Å². The predicted octanol–water partition coefficient (Wildman–Crippen LogP) is 8.63. The zero-order valence-electron chi connectivity index (χ0n) is 28.8. The quantitative estimate of drug-likeness (QED) is 0.126. The highest BCUT2D eigenvalue weighted by Gasteiger charge is 2.42. The van der Waals surface area contributed by atoms with Gasteiger partial charge in [0, 0.05) is 15.3 Å². The Balaban J connectivity index is 1.02. The van der Waals surface area contributed by atoms with Gasteiger partial charge in [-0.15, -0.1) is 0 Å². The molecule has 3 nitrogen and oxygen atoms in total. The molecule has 0 atom stereocenters. The Hall–Kier alpha value is -6.36. The van der Waals surface area contributed by atoms with E-state index in [2.05, 4.69) is 158 Å². The summed E-state index contributed by atoms with van der Waals surface area (Å²) in [6.07, 6.45) is 0. The molecule has 0 amide bonds. The molecule has 0 saturated heterocycles. The second-order valence-corrected chi connectivity index (χ2v) is 15.8. The van der Waals surface area contributed by atoms with Gasteiger partial charge in [0.15, 0.2) is 0 Å². The molecular formula is C48H26B2O3S. The van der Waals surface area contributed by atoms with Gasteiger partial charge in [0.1, 0.15) is 34.5 Å². The minimum atomic E-state index is -0.0269. The Bertz CT molecular complexity index is 3140. The first kappa shape index (κ1) is 29.1. The van der Waals surface area contributed by atoms with Crippen molar-refractivity contribution in [2.24, 2.45) is 0 Å². The van der Waals surface area contributed by atoms with Gasteiger partial charge >= 0.3 is 0 Å². The molecule has 4 heterocycles. The standard InChI is InChI=1S/C48H26B2O3S/c1-3-12-31-29(10-1)30-11-2-4-13-32(30)34-26-42-37(25-33(31)34)49-35-14-5-8-17-40(35)52-43-23-28(24-44(53-42)47(43)49)27-20-21-45-38(22-27)50-36-15-6-7-16-39(36)51-41-18-9-19-46(54-45)48(41)50/h1-26H. The normalized spacial score (nSPS) is 13.9. The van der Waals surface area contributed by atoms with Gasteiger partial charge in [-0.05, 0) is 114 Å². The predicted molar refractivity (Wildman–Crippen MR) is 224 cm³/mol. The monoisotopic (exact) mass is 704 g/mol. The van der Waals surface area contributed by atoms with Crippen molar-refractivity contribution in [1.29, 1.82) is 0 Å². The fourth-order valence-electron chi connectivity index (χ4n) is 9.57. The van der Waals surface area contributed by atoms with E-state index in [1.807, 2.05) is 11.8 Å². The van der Waals surface area contributed by atoms with E-state index >= 15 is 0 Å². The topological polar surface area (TPSA) is 27.7 Å². The van der Waals surface area contributed by atoms with Crippen LogP contribution in [-0.2, 0) is 0 Å². The molecule has 0 saturated carbocycles. The lowest BCUT2D eigenvalue weighted by Crippen LogP contribution is -2.57. The summed E-state index contributed by atoms with van der Waals surface area (Å²) in [6, 6.07) is 56.9. The van der Waals surface area contributed by atoms with Crippen LogP contribution in [0.2, 0.25) is 0 Å². The molecule has 9 aromatic carbocycles. The fraction of sp³-hybridized carbons (Fsp3) is 0. The van der Waals surface area contributed by atoms with Crippen LogP contribution in [-0.4, -0.2) is 13.4 Å². The van der Waals surface area contributed by atoms with Gasteiger partial charge in [0.25, 0.3) is 13.4 Å². The summed E-state index contributed by atoms with van der Waals surface area (Å²) in [4.78, 5) is 2.52. The van der Waals surface area contributed by atoms with Crippen LogP contribution >= 0.6 is 11.8 Å². The Morgan fingerprint density at radius 1 is 0.315 bits per heavy atom. The molecule has 0 aliphatic carbocycles. The van der Waals surface area contributed by atoms with Gasteiger partial charge in [-0.25, -0.2) is 0 Å². The molecule has 0 aromatic heterocycles. The third-order valence-corrected chi connectivity index (χ3v) is 13.1. The van der Waals surface area contributed by atoms with Crippen LogP contribution in [0.15, 0.2) is 168 Å². The van der Waals surface area contributed by atoms with Gasteiger partial charge < -0.3 is 14.2 Å². The molecular weight excluding hydrogens is 678 g/mol. The molecule has 248 valence electrons. The molecule has 54 heavy (non-hydrogen) atoms. The van der Waals surface area contributed by atoms with Crippen molar-refractivity contribution in [3.8, 4) is 45.6 Å². The Morgan fingerprint density at radius 2 is 0.870 bits per heavy atom. The zero-order chi connectivity index (χ0) is 35.1.